The molecule has 0 bridgehead atoms. The lowest BCUT2D eigenvalue weighted by atomic mass is 10.2. The van der Waals surface area contributed by atoms with Crippen molar-refractivity contribution in [2.75, 3.05) is 32.7 Å². The van der Waals surface area contributed by atoms with Gasteiger partial charge in [-0.1, -0.05) is 13.8 Å². The predicted octanol–water partition coefficient (Wildman–Crippen LogP) is 2.28. The molecular weight excluding hydrogens is 238 g/mol. The van der Waals surface area contributed by atoms with E-state index in [0.717, 1.165) is 44.7 Å². The third-order valence-electron chi connectivity index (χ3n) is 3.39. The summed E-state index contributed by atoms with van der Waals surface area (Å²) >= 11 is 0. The number of amides is 1. The Bertz CT molecular complexity index is 363. The van der Waals surface area contributed by atoms with Gasteiger partial charge in [-0.05, 0) is 45.1 Å². The summed E-state index contributed by atoms with van der Waals surface area (Å²) in [6, 6.07) is 3.55. The second-order valence-electron chi connectivity index (χ2n) is 4.50. The number of nitrogens with zero attached hydrogens (tertiary/aromatic N) is 3. The summed E-state index contributed by atoms with van der Waals surface area (Å²) in [5.74, 6) is 0.101. The smallest absolute Gasteiger partial charge is 0.253 e. The quantitative estimate of drug-likeness (QED) is 0.722. The third-order valence-corrected chi connectivity index (χ3v) is 3.39. The number of aromatic nitrogens is 1. The first kappa shape index (κ1) is 15.6. The molecule has 0 unspecified atom stereocenters. The molecule has 19 heavy (non-hydrogen) atoms. The summed E-state index contributed by atoms with van der Waals surface area (Å²) in [4.78, 5) is 20.5. The van der Waals surface area contributed by atoms with Gasteiger partial charge in [-0.25, -0.2) is 0 Å². The number of carbonyl (C=O) groups excluding carboxylic acids is 1. The molecular formula is C15H25N3O. The molecule has 0 aliphatic heterocycles. The monoisotopic (exact) mass is 263 g/mol. The highest BCUT2D eigenvalue weighted by Crippen LogP contribution is 2.04. The van der Waals surface area contributed by atoms with Crippen molar-refractivity contribution in [3.63, 3.8) is 0 Å². The lowest BCUT2D eigenvalue weighted by Crippen LogP contribution is -2.34. The first-order valence-corrected chi connectivity index (χ1v) is 7.14. The molecule has 0 N–H and O–H groups in total. The van der Waals surface area contributed by atoms with E-state index >= 15 is 0 Å². The van der Waals surface area contributed by atoms with Crippen LogP contribution in [-0.4, -0.2) is 53.4 Å². The van der Waals surface area contributed by atoms with Gasteiger partial charge >= 0.3 is 0 Å². The van der Waals surface area contributed by atoms with Crippen LogP contribution in [0.1, 0.15) is 37.6 Å². The van der Waals surface area contributed by atoms with Crippen LogP contribution in [0.3, 0.4) is 0 Å². The fraction of sp³-hybridized carbons (Fsp3) is 0.600. The first-order valence-electron chi connectivity index (χ1n) is 7.14. The van der Waals surface area contributed by atoms with Gasteiger partial charge in [0.25, 0.3) is 5.91 Å². The maximum atomic E-state index is 12.3. The van der Waals surface area contributed by atoms with Gasteiger partial charge in [0, 0.05) is 31.0 Å². The van der Waals surface area contributed by atoms with Gasteiger partial charge in [0.1, 0.15) is 0 Å². The average molecular weight is 263 g/mol. The number of hydrogen-bond donors (Lipinski definition) is 0. The van der Waals surface area contributed by atoms with Crippen molar-refractivity contribution in [3.8, 4) is 0 Å². The first-order chi connectivity index (χ1) is 9.22. The van der Waals surface area contributed by atoms with E-state index in [2.05, 4.69) is 23.7 Å². The Morgan fingerprint density at radius 2 is 1.68 bits per heavy atom. The maximum Gasteiger partial charge on any atom is 0.253 e. The van der Waals surface area contributed by atoms with Crippen LogP contribution in [0.4, 0.5) is 0 Å². The molecule has 0 spiro atoms. The number of pyridine rings is 1. The van der Waals surface area contributed by atoms with Gasteiger partial charge in [-0.2, -0.15) is 0 Å². The molecule has 0 saturated carbocycles. The molecule has 1 rings (SSSR count). The van der Waals surface area contributed by atoms with Crippen molar-refractivity contribution in [3.05, 3.63) is 30.1 Å². The summed E-state index contributed by atoms with van der Waals surface area (Å²) in [6.45, 7) is 11.1. The highest BCUT2D eigenvalue weighted by molar-refractivity contribution is 5.94. The van der Waals surface area contributed by atoms with Crippen molar-refractivity contribution in [2.24, 2.45) is 0 Å². The minimum atomic E-state index is 0.101. The summed E-state index contributed by atoms with van der Waals surface area (Å²) in [5, 5.41) is 0. The fourth-order valence-electron chi connectivity index (χ4n) is 2.11. The molecule has 0 aromatic carbocycles. The van der Waals surface area contributed by atoms with Gasteiger partial charge < -0.3 is 9.80 Å². The summed E-state index contributed by atoms with van der Waals surface area (Å²) in [7, 11) is 0. The van der Waals surface area contributed by atoms with Crippen LogP contribution < -0.4 is 0 Å². The zero-order valence-electron chi connectivity index (χ0n) is 12.3. The maximum absolute atomic E-state index is 12.3. The van der Waals surface area contributed by atoms with Crippen LogP contribution in [0, 0.1) is 0 Å². The molecule has 0 atom stereocenters. The molecule has 0 aliphatic rings. The zero-order chi connectivity index (χ0) is 14.1. The topological polar surface area (TPSA) is 36.4 Å². The van der Waals surface area contributed by atoms with Crippen molar-refractivity contribution in [2.45, 2.75) is 27.2 Å². The third kappa shape index (κ3) is 4.99. The molecule has 0 fully saturated rings. The van der Waals surface area contributed by atoms with Gasteiger partial charge in [0.15, 0.2) is 0 Å². The normalized spacial score (nSPS) is 10.7. The molecule has 0 aliphatic carbocycles. The lowest BCUT2D eigenvalue weighted by Gasteiger charge is -2.23. The van der Waals surface area contributed by atoms with Crippen LogP contribution in [0.25, 0.3) is 0 Å². The molecule has 0 radical (unpaired) electrons. The van der Waals surface area contributed by atoms with Gasteiger partial charge in [0.05, 0.1) is 0 Å². The SMILES string of the molecule is CCN(CC)CCCN(CC)C(=O)c1ccncc1. The van der Waals surface area contributed by atoms with Crippen LogP contribution in [-0.2, 0) is 0 Å². The number of rotatable bonds is 8. The van der Waals surface area contributed by atoms with Crippen LogP contribution >= 0.6 is 0 Å². The Labute approximate surface area is 116 Å². The van der Waals surface area contributed by atoms with Gasteiger partial charge in [-0.15, -0.1) is 0 Å². The molecule has 4 heteroatoms. The van der Waals surface area contributed by atoms with Crippen molar-refractivity contribution in [1.29, 1.82) is 0 Å². The molecule has 1 aromatic heterocycles. The predicted molar refractivity (Wildman–Crippen MR) is 78.2 cm³/mol. The van der Waals surface area contributed by atoms with Crippen molar-refractivity contribution < 1.29 is 4.79 Å². The Hall–Kier alpha value is -1.42. The minimum Gasteiger partial charge on any atom is -0.339 e. The Kier molecular flexibility index (Phi) is 7.11. The average Bonchev–Trinajstić information content (AvgIpc) is 2.48. The second-order valence-corrected chi connectivity index (χ2v) is 4.50. The lowest BCUT2D eigenvalue weighted by molar-refractivity contribution is 0.0757. The minimum absolute atomic E-state index is 0.101. The highest BCUT2D eigenvalue weighted by Gasteiger charge is 2.13. The number of hydrogen-bond acceptors (Lipinski definition) is 3. The van der Waals surface area contributed by atoms with E-state index in [0.29, 0.717) is 0 Å². The molecule has 0 saturated heterocycles. The van der Waals surface area contributed by atoms with E-state index in [4.69, 9.17) is 0 Å². The molecule has 4 nitrogen and oxygen atoms in total. The molecule has 1 amide bonds. The zero-order valence-corrected chi connectivity index (χ0v) is 12.3. The fourth-order valence-corrected chi connectivity index (χ4v) is 2.11. The Morgan fingerprint density at radius 3 is 2.21 bits per heavy atom. The summed E-state index contributed by atoms with van der Waals surface area (Å²) < 4.78 is 0. The summed E-state index contributed by atoms with van der Waals surface area (Å²) in [5.41, 5.74) is 0.722. The Morgan fingerprint density at radius 1 is 1.05 bits per heavy atom. The van der Waals surface area contributed by atoms with Gasteiger partial charge in [-0.3, -0.25) is 9.78 Å². The molecule has 1 heterocycles. The Balaban J connectivity index is 2.47. The van der Waals surface area contributed by atoms with Crippen LogP contribution in [0.5, 0.6) is 0 Å². The van der Waals surface area contributed by atoms with E-state index in [-0.39, 0.29) is 5.91 Å². The second kappa shape index (κ2) is 8.64. The van der Waals surface area contributed by atoms with Crippen molar-refractivity contribution in [1.82, 2.24) is 14.8 Å². The number of carbonyl (C=O) groups is 1. The van der Waals surface area contributed by atoms with E-state index in [1.165, 1.54) is 0 Å². The molecule has 1 aromatic rings. The largest absolute Gasteiger partial charge is 0.339 e. The highest BCUT2D eigenvalue weighted by atomic mass is 16.2. The van der Waals surface area contributed by atoms with Gasteiger partial charge in [0.2, 0.25) is 0 Å². The van der Waals surface area contributed by atoms with E-state index in [1.807, 2.05) is 11.8 Å². The van der Waals surface area contributed by atoms with E-state index in [1.54, 1.807) is 24.5 Å². The van der Waals surface area contributed by atoms with Crippen LogP contribution in [0.2, 0.25) is 0 Å². The molecule has 106 valence electrons. The standard InChI is InChI=1S/C15H25N3O/c1-4-17(5-2)12-7-13-18(6-3)15(19)14-8-10-16-11-9-14/h8-11H,4-7,12-13H2,1-3H3. The van der Waals surface area contributed by atoms with Crippen LogP contribution in [0.15, 0.2) is 24.5 Å². The van der Waals surface area contributed by atoms with Crippen molar-refractivity contribution >= 4 is 5.91 Å². The summed E-state index contributed by atoms with van der Waals surface area (Å²) in [6.07, 6.45) is 4.35. The van der Waals surface area contributed by atoms with E-state index in [9.17, 15) is 4.79 Å². The van der Waals surface area contributed by atoms with E-state index < -0.39 is 0 Å².